The minimum atomic E-state index is 0.415. The zero-order valence-corrected chi connectivity index (χ0v) is 14.1. The summed E-state index contributed by atoms with van der Waals surface area (Å²) in [5, 5.41) is 12.1. The van der Waals surface area contributed by atoms with Crippen LogP contribution in [-0.2, 0) is 12.8 Å². The van der Waals surface area contributed by atoms with Gasteiger partial charge in [0.15, 0.2) is 5.82 Å². The highest BCUT2D eigenvalue weighted by atomic mass is 32.1. The molecule has 5 heteroatoms. The number of aromatic nitrogens is 2. The molecule has 0 aromatic carbocycles. The summed E-state index contributed by atoms with van der Waals surface area (Å²) in [4.78, 5) is 0.415. The van der Waals surface area contributed by atoms with Crippen molar-refractivity contribution in [1.82, 2.24) is 10.2 Å². The van der Waals surface area contributed by atoms with Crippen molar-refractivity contribution in [3.05, 3.63) is 16.8 Å². The van der Waals surface area contributed by atoms with E-state index < -0.39 is 0 Å². The predicted molar refractivity (Wildman–Crippen MR) is 91.7 cm³/mol. The molecule has 2 rings (SSSR count). The Bertz CT molecular complexity index is 515. The highest BCUT2D eigenvalue weighted by molar-refractivity contribution is 7.80. The number of hydrogen-bond acceptors (Lipinski definition) is 4. The number of nitrogens with zero attached hydrogens (tertiary/aromatic N) is 2. The van der Waals surface area contributed by atoms with E-state index in [1.54, 1.807) is 0 Å². The molecule has 2 unspecified atom stereocenters. The lowest BCUT2D eigenvalue weighted by atomic mass is 10.0. The topological polar surface area (TPSA) is 63.8 Å². The Kier molecular flexibility index (Phi) is 5.51. The van der Waals surface area contributed by atoms with Gasteiger partial charge in [0.05, 0.1) is 11.3 Å². The molecule has 0 aliphatic heterocycles. The van der Waals surface area contributed by atoms with Gasteiger partial charge in [0, 0.05) is 6.54 Å². The average Bonchev–Trinajstić information content (AvgIpc) is 2.89. The molecule has 0 radical (unpaired) electrons. The van der Waals surface area contributed by atoms with Gasteiger partial charge in [-0.1, -0.05) is 39.4 Å². The lowest BCUT2D eigenvalue weighted by Crippen LogP contribution is -2.21. The van der Waals surface area contributed by atoms with Crippen molar-refractivity contribution in [2.24, 2.45) is 17.6 Å². The molecule has 116 valence electrons. The van der Waals surface area contributed by atoms with E-state index in [1.165, 1.54) is 19.3 Å². The lowest BCUT2D eigenvalue weighted by molar-refractivity contribution is 0.536. The largest absolute Gasteiger partial charge is 0.389 e. The molecule has 1 aromatic rings. The lowest BCUT2D eigenvalue weighted by Gasteiger charge is -2.17. The van der Waals surface area contributed by atoms with Crippen molar-refractivity contribution in [2.45, 2.75) is 52.9 Å². The maximum absolute atomic E-state index is 5.94. The standard InChI is InChI=1S/C16H26N4S/c1-4-12-13(5-2)19-20-16(14(12)15(17)21)18-9-11-7-6-10(3)8-11/h10-11H,4-9H2,1-3H3,(H2,17,21)(H,18,20). The average molecular weight is 306 g/mol. The second kappa shape index (κ2) is 7.16. The molecule has 1 heterocycles. The van der Waals surface area contributed by atoms with Crippen LogP contribution in [-0.4, -0.2) is 21.7 Å². The van der Waals surface area contributed by atoms with Gasteiger partial charge in [-0.2, -0.15) is 5.10 Å². The van der Waals surface area contributed by atoms with Gasteiger partial charge in [-0.15, -0.1) is 5.10 Å². The van der Waals surface area contributed by atoms with Crippen molar-refractivity contribution in [2.75, 3.05) is 11.9 Å². The molecular weight excluding hydrogens is 280 g/mol. The number of thiocarbonyl (C=S) groups is 1. The van der Waals surface area contributed by atoms with Crippen molar-refractivity contribution in [1.29, 1.82) is 0 Å². The van der Waals surface area contributed by atoms with E-state index in [0.717, 1.165) is 53.9 Å². The molecule has 0 bridgehead atoms. The molecule has 4 nitrogen and oxygen atoms in total. The molecule has 21 heavy (non-hydrogen) atoms. The predicted octanol–water partition coefficient (Wildman–Crippen LogP) is 3.08. The summed E-state index contributed by atoms with van der Waals surface area (Å²) in [6, 6.07) is 0. The summed E-state index contributed by atoms with van der Waals surface area (Å²) in [7, 11) is 0. The number of nitrogens with two attached hydrogens (primary N) is 1. The van der Waals surface area contributed by atoms with Crippen LogP contribution in [0.4, 0.5) is 5.82 Å². The Morgan fingerprint density at radius 1 is 1.29 bits per heavy atom. The van der Waals surface area contributed by atoms with Crippen LogP contribution in [0.1, 0.15) is 56.9 Å². The maximum Gasteiger partial charge on any atom is 0.159 e. The number of aryl methyl sites for hydroxylation is 1. The number of nitrogens with one attached hydrogen (secondary N) is 1. The number of hydrogen-bond donors (Lipinski definition) is 2. The van der Waals surface area contributed by atoms with Crippen LogP contribution >= 0.6 is 12.2 Å². The Hall–Kier alpha value is -1.23. The van der Waals surface area contributed by atoms with Gasteiger partial charge in [-0.3, -0.25) is 0 Å². The van der Waals surface area contributed by atoms with Crippen LogP contribution in [0, 0.1) is 11.8 Å². The second-order valence-electron chi connectivity index (χ2n) is 6.09. The van der Waals surface area contributed by atoms with Crippen LogP contribution in [0.5, 0.6) is 0 Å². The summed E-state index contributed by atoms with van der Waals surface area (Å²) in [6.07, 6.45) is 5.63. The summed E-state index contributed by atoms with van der Waals surface area (Å²) < 4.78 is 0. The molecule has 2 atom stereocenters. The van der Waals surface area contributed by atoms with Gasteiger partial charge in [-0.25, -0.2) is 0 Å². The molecular formula is C16H26N4S. The minimum absolute atomic E-state index is 0.415. The smallest absolute Gasteiger partial charge is 0.159 e. The Morgan fingerprint density at radius 3 is 2.57 bits per heavy atom. The first kappa shape index (κ1) is 16.1. The van der Waals surface area contributed by atoms with E-state index in [2.05, 4.69) is 36.3 Å². The van der Waals surface area contributed by atoms with Crippen LogP contribution in [0.3, 0.4) is 0 Å². The molecule has 1 fully saturated rings. The second-order valence-corrected chi connectivity index (χ2v) is 6.53. The first-order valence-corrected chi connectivity index (χ1v) is 8.39. The van der Waals surface area contributed by atoms with Crippen LogP contribution in [0.15, 0.2) is 0 Å². The van der Waals surface area contributed by atoms with Crippen LogP contribution in [0.2, 0.25) is 0 Å². The Balaban J connectivity index is 2.20. The normalized spacial score (nSPS) is 21.5. The summed E-state index contributed by atoms with van der Waals surface area (Å²) >= 11 is 5.25. The molecule has 3 N–H and O–H groups in total. The third-order valence-corrected chi connectivity index (χ3v) is 4.66. The van der Waals surface area contributed by atoms with Crippen molar-refractivity contribution in [3.8, 4) is 0 Å². The number of rotatable bonds is 6. The Labute approximate surface area is 132 Å². The zero-order valence-electron chi connectivity index (χ0n) is 13.3. The van der Waals surface area contributed by atoms with E-state index in [4.69, 9.17) is 18.0 Å². The SMILES string of the molecule is CCc1nnc(NCC2CCC(C)C2)c(C(N)=S)c1CC. The van der Waals surface area contributed by atoms with Crippen molar-refractivity contribution >= 4 is 23.0 Å². The monoisotopic (exact) mass is 306 g/mol. The molecule has 1 aliphatic rings. The molecule has 1 aromatic heterocycles. The molecule has 1 saturated carbocycles. The van der Waals surface area contributed by atoms with E-state index in [1.807, 2.05) is 0 Å². The van der Waals surface area contributed by atoms with Gasteiger partial charge in [-0.05, 0) is 43.1 Å². The maximum atomic E-state index is 5.94. The highest BCUT2D eigenvalue weighted by Gasteiger charge is 2.22. The van der Waals surface area contributed by atoms with E-state index in [0.29, 0.717) is 4.99 Å². The first-order chi connectivity index (χ1) is 10.1. The van der Waals surface area contributed by atoms with Gasteiger partial charge in [0.2, 0.25) is 0 Å². The van der Waals surface area contributed by atoms with Gasteiger partial charge >= 0.3 is 0 Å². The summed E-state index contributed by atoms with van der Waals surface area (Å²) in [5.41, 5.74) is 8.98. The molecule has 1 aliphatic carbocycles. The first-order valence-electron chi connectivity index (χ1n) is 7.98. The van der Waals surface area contributed by atoms with Crippen molar-refractivity contribution < 1.29 is 0 Å². The van der Waals surface area contributed by atoms with Crippen LogP contribution in [0.25, 0.3) is 0 Å². The van der Waals surface area contributed by atoms with Crippen molar-refractivity contribution in [3.63, 3.8) is 0 Å². The quantitative estimate of drug-likeness (QED) is 0.791. The Morgan fingerprint density at radius 2 is 2.05 bits per heavy atom. The molecule has 0 saturated heterocycles. The highest BCUT2D eigenvalue weighted by Crippen LogP contribution is 2.30. The zero-order chi connectivity index (χ0) is 15.4. The summed E-state index contributed by atoms with van der Waals surface area (Å²) in [6.45, 7) is 7.45. The van der Waals surface area contributed by atoms with Gasteiger partial charge in [0.1, 0.15) is 4.99 Å². The molecule has 0 amide bonds. The fraction of sp³-hybridized carbons (Fsp3) is 0.688. The fourth-order valence-electron chi connectivity index (χ4n) is 3.31. The third-order valence-electron chi connectivity index (χ3n) is 4.45. The van der Waals surface area contributed by atoms with E-state index >= 15 is 0 Å². The van der Waals surface area contributed by atoms with E-state index in [-0.39, 0.29) is 0 Å². The molecule has 0 spiro atoms. The van der Waals surface area contributed by atoms with E-state index in [9.17, 15) is 0 Å². The fourth-order valence-corrected chi connectivity index (χ4v) is 3.53. The summed E-state index contributed by atoms with van der Waals surface area (Å²) in [5.74, 6) is 2.32. The minimum Gasteiger partial charge on any atom is -0.389 e. The third kappa shape index (κ3) is 3.70. The van der Waals surface area contributed by atoms with Gasteiger partial charge in [0.25, 0.3) is 0 Å². The number of anilines is 1. The van der Waals surface area contributed by atoms with Gasteiger partial charge < -0.3 is 11.1 Å². The van der Waals surface area contributed by atoms with Crippen LogP contribution < -0.4 is 11.1 Å².